The largest absolute Gasteiger partial charge is 0.459 e. The van der Waals surface area contributed by atoms with Gasteiger partial charge >= 0.3 is 7.12 Å². The van der Waals surface area contributed by atoms with Crippen molar-refractivity contribution in [3.8, 4) is 0 Å². The zero-order valence-corrected chi connectivity index (χ0v) is 20.4. The van der Waals surface area contributed by atoms with Crippen LogP contribution in [0.4, 0.5) is 0 Å². The molecule has 32 heavy (non-hydrogen) atoms. The van der Waals surface area contributed by atoms with Crippen molar-refractivity contribution in [2.75, 3.05) is 0 Å². The van der Waals surface area contributed by atoms with Gasteiger partial charge in [-0.3, -0.25) is 4.90 Å². The number of benzene rings is 2. The average molecular weight is 433 g/mol. The highest BCUT2D eigenvalue weighted by molar-refractivity contribution is 6.45. The lowest BCUT2D eigenvalue weighted by atomic mass is 9.71. The smallest absolute Gasteiger partial charge is 0.403 e. The summed E-state index contributed by atoms with van der Waals surface area (Å²) < 4.78 is 13.0. The van der Waals surface area contributed by atoms with Crippen LogP contribution in [0.5, 0.6) is 0 Å². The minimum absolute atomic E-state index is 0.152. The molecule has 0 spiro atoms. The van der Waals surface area contributed by atoms with Gasteiger partial charge in [-0.1, -0.05) is 79.9 Å². The van der Waals surface area contributed by atoms with Crippen LogP contribution in [0.3, 0.4) is 0 Å². The summed E-state index contributed by atoms with van der Waals surface area (Å²) in [6.45, 7) is 10.6. The Morgan fingerprint density at radius 1 is 0.781 bits per heavy atom. The highest BCUT2D eigenvalue weighted by atomic mass is 16.7. The molecule has 172 valence electrons. The van der Waals surface area contributed by atoms with Crippen LogP contribution in [0.15, 0.2) is 60.7 Å². The molecular weight excluding hydrogens is 393 g/mol. The van der Waals surface area contributed by atoms with Crippen LogP contribution in [0.25, 0.3) is 0 Å². The van der Waals surface area contributed by atoms with Crippen LogP contribution in [0.2, 0.25) is 6.32 Å². The summed E-state index contributed by atoms with van der Waals surface area (Å²) >= 11 is 0. The van der Waals surface area contributed by atoms with Crippen LogP contribution < -0.4 is 0 Å². The summed E-state index contributed by atoms with van der Waals surface area (Å²) in [5.41, 5.74) is 2.19. The van der Waals surface area contributed by atoms with Crippen molar-refractivity contribution >= 4 is 7.12 Å². The standard InChI is InChI=1S/C28H40BNO2/c1-27(2)28(3,4)32-29(31-27)20-26(25-18-12-7-13-19-25)30(21-23-14-8-5-9-15-23)22-24-16-10-6-11-17-24/h5-6,8-11,14-17,25-26H,7,12-13,18-22H2,1-4H3. The van der Waals surface area contributed by atoms with Gasteiger partial charge in [0.05, 0.1) is 11.2 Å². The quantitative estimate of drug-likeness (QED) is 0.431. The van der Waals surface area contributed by atoms with E-state index in [1.165, 1.54) is 43.2 Å². The fraction of sp³-hybridized carbons (Fsp3) is 0.571. The van der Waals surface area contributed by atoms with Gasteiger partial charge in [0.2, 0.25) is 0 Å². The molecule has 1 saturated heterocycles. The Hall–Kier alpha value is -1.62. The molecule has 2 aromatic carbocycles. The second-order valence-corrected chi connectivity index (χ2v) is 10.8. The predicted octanol–water partition coefficient (Wildman–Crippen LogP) is 6.73. The van der Waals surface area contributed by atoms with E-state index in [0.717, 1.165) is 19.4 Å². The predicted molar refractivity (Wildman–Crippen MR) is 133 cm³/mol. The van der Waals surface area contributed by atoms with Gasteiger partial charge in [-0.05, 0) is 63.9 Å². The molecule has 2 aromatic rings. The first kappa shape index (κ1) is 23.5. The molecule has 1 heterocycles. The topological polar surface area (TPSA) is 21.7 Å². The van der Waals surface area contributed by atoms with Crippen LogP contribution >= 0.6 is 0 Å². The van der Waals surface area contributed by atoms with Crippen molar-refractivity contribution in [1.29, 1.82) is 0 Å². The third-order valence-electron chi connectivity index (χ3n) is 7.86. The molecule has 3 nitrogen and oxygen atoms in total. The molecule has 1 atom stereocenters. The van der Waals surface area contributed by atoms with Gasteiger partial charge in [-0.15, -0.1) is 0 Å². The minimum Gasteiger partial charge on any atom is -0.403 e. The van der Waals surface area contributed by atoms with Gasteiger partial charge in [-0.2, -0.15) is 0 Å². The van der Waals surface area contributed by atoms with Gasteiger partial charge in [0.25, 0.3) is 0 Å². The molecule has 0 bridgehead atoms. The second-order valence-electron chi connectivity index (χ2n) is 10.8. The number of nitrogens with zero attached hydrogens (tertiary/aromatic N) is 1. The summed E-state index contributed by atoms with van der Waals surface area (Å²) in [5, 5.41) is 0. The molecule has 0 N–H and O–H groups in total. The maximum absolute atomic E-state index is 6.49. The summed E-state index contributed by atoms with van der Waals surface area (Å²) in [4.78, 5) is 2.70. The summed E-state index contributed by atoms with van der Waals surface area (Å²) in [6.07, 6.45) is 7.60. The van der Waals surface area contributed by atoms with Crippen molar-refractivity contribution in [2.45, 2.75) is 96.5 Å². The van der Waals surface area contributed by atoms with Gasteiger partial charge in [0.15, 0.2) is 0 Å². The van der Waals surface area contributed by atoms with E-state index >= 15 is 0 Å². The van der Waals surface area contributed by atoms with Crippen molar-refractivity contribution in [2.24, 2.45) is 5.92 Å². The van der Waals surface area contributed by atoms with E-state index in [4.69, 9.17) is 9.31 Å². The Balaban J connectivity index is 1.61. The number of hydrogen-bond acceptors (Lipinski definition) is 3. The van der Waals surface area contributed by atoms with E-state index in [0.29, 0.717) is 12.0 Å². The van der Waals surface area contributed by atoms with Crippen LogP contribution in [-0.4, -0.2) is 29.3 Å². The molecular formula is C28H40BNO2. The Labute approximate surface area is 195 Å². The molecule has 1 saturated carbocycles. The molecule has 1 aliphatic carbocycles. The van der Waals surface area contributed by atoms with Crippen LogP contribution in [0.1, 0.15) is 70.9 Å². The normalized spacial score (nSPS) is 21.7. The van der Waals surface area contributed by atoms with Gasteiger partial charge in [0, 0.05) is 19.1 Å². The van der Waals surface area contributed by atoms with Gasteiger partial charge in [0.1, 0.15) is 0 Å². The maximum Gasteiger partial charge on any atom is 0.459 e. The lowest BCUT2D eigenvalue weighted by Crippen LogP contribution is -2.44. The van der Waals surface area contributed by atoms with Crippen LogP contribution in [0, 0.1) is 5.92 Å². The lowest BCUT2D eigenvalue weighted by Gasteiger charge is -2.39. The summed E-state index contributed by atoms with van der Waals surface area (Å²) in [7, 11) is -0.152. The Kier molecular flexibility index (Phi) is 7.44. The maximum atomic E-state index is 6.49. The Bertz CT molecular complexity index is 776. The highest BCUT2D eigenvalue weighted by Gasteiger charge is 2.52. The van der Waals surface area contributed by atoms with Gasteiger partial charge < -0.3 is 9.31 Å². The fourth-order valence-corrected chi connectivity index (χ4v) is 5.34. The van der Waals surface area contributed by atoms with E-state index in [9.17, 15) is 0 Å². The van der Waals surface area contributed by atoms with Crippen LogP contribution in [-0.2, 0) is 22.4 Å². The van der Waals surface area contributed by atoms with E-state index < -0.39 is 0 Å². The van der Waals surface area contributed by atoms with E-state index in [1.54, 1.807) is 0 Å². The van der Waals surface area contributed by atoms with Crippen molar-refractivity contribution in [3.63, 3.8) is 0 Å². The first-order valence-electron chi connectivity index (χ1n) is 12.5. The summed E-state index contributed by atoms with van der Waals surface area (Å²) in [5.74, 6) is 0.690. The van der Waals surface area contributed by atoms with Crippen molar-refractivity contribution < 1.29 is 9.31 Å². The van der Waals surface area contributed by atoms with Crippen molar-refractivity contribution in [3.05, 3.63) is 71.8 Å². The molecule has 2 aliphatic rings. The molecule has 4 rings (SSSR count). The molecule has 0 aromatic heterocycles. The average Bonchev–Trinajstić information content (AvgIpc) is 2.99. The zero-order valence-electron chi connectivity index (χ0n) is 20.4. The van der Waals surface area contributed by atoms with E-state index in [2.05, 4.69) is 93.3 Å². The molecule has 1 unspecified atom stereocenters. The van der Waals surface area contributed by atoms with E-state index in [-0.39, 0.29) is 18.3 Å². The first-order chi connectivity index (χ1) is 15.3. The lowest BCUT2D eigenvalue weighted by molar-refractivity contribution is 0.00578. The Morgan fingerprint density at radius 3 is 1.72 bits per heavy atom. The summed E-state index contributed by atoms with van der Waals surface area (Å²) in [6, 6.07) is 22.3. The fourth-order valence-electron chi connectivity index (χ4n) is 5.34. The molecule has 2 fully saturated rings. The Morgan fingerprint density at radius 2 is 1.25 bits per heavy atom. The molecule has 4 heteroatoms. The number of rotatable bonds is 8. The SMILES string of the molecule is CC1(C)OB(CC(C2CCCCC2)N(Cc2ccccc2)Cc2ccccc2)OC1(C)C. The zero-order chi connectivity index (χ0) is 22.6. The first-order valence-corrected chi connectivity index (χ1v) is 12.5. The molecule has 1 aliphatic heterocycles. The molecule has 0 radical (unpaired) electrons. The van der Waals surface area contributed by atoms with E-state index in [1.807, 2.05) is 0 Å². The molecule has 0 amide bonds. The van der Waals surface area contributed by atoms with Gasteiger partial charge in [-0.25, -0.2) is 0 Å². The monoisotopic (exact) mass is 433 g/mol. The number of hydrogen-bond donors (Lipinski definition) is 0. The highest BCUT2D eigenvalue weighted by Crippen LogP contribution is 2.40. The van der Waals surface area contributed by atoms with Crippen molar-refractivity contribution in [1.82, 2.24) is 4.90 Å². The minimum atomic E-state index is -0.279. The third-order valence-corrected chi connectivity index (χ3v) is 7.86. The third kappa shape index (κ3) is 5.65. The second kappa shape index (κ2) is 10.1.